The van der Waals surface area contributed by atoms with Crippen molar-refractivity contribution in [2.45, 2.75) is 31.3 Å². The molecular formula is C13H26N2O2. The Balaban J connectivity index is 1.79. The van der Waals surface area contributed by atoms with Gasteiger partial charge in [0, 0.05) is 44.4 Å². The third-order valence-electron chi connectivity index (χ3n) is 4.20. The fourth-order valence-corrected chi connectivity index (χ4v) is 2.93. The van der Waals surface area contributed by atoms with E-state index in [0.717, 1.165) is 33.0 Å². The number of nitrogens with zero attached hydrogens (tertiary/aromatic N) is 1. The van der Waals surface area contributed by atoms with Crippen molar-refractivity contribution < 1.29 is 9.47 Å². The van der Waals surface area contributed by atoms with E-state index in [4.69, 9.17) is 9.47 Å². The molecule has 0 aliphatic carbocycles. The van der Waals surface area contributed by atoms with Gasteiger partial charge in [-0.05, 0) is 33.4 Å². The highest BCUT2D eigenvalue weighted by Gasteiger charge is 2.27. The Morgan fingerprint density at radius 1 is 1.18 bits per heavy atom. The number of nitrogens with one attached hydrogen (secondary N) is 1. The quantitative estimate of drug-likeness (QED) is 0.770. The first-order chi connectivity index (χ1) is 8.31. The van der Waals surface area contributed by atoms with Gasteiger partial charge in [-0.3, -0.25) is 0 Å². The SMILES string of the molecule is CNC(CN(C)C1CCOCC1)C1CCOC1. The van der Waals surface area contributed by atoms with Gasteiger partial charge in [0.05, 0.1) is 6.61 Å². The highest BCUT2D eigenvalue weighted by atomic mass is 16.5. The summed E-state index contributed by atoms with van der Waals surface area (Å²) in [6.45, 7) is 4.82. The monoisotopic (exact) mass is 242 g/mol. The molecule has 2 fully saturated rings. The molecule has 2 atom stereocenters. The summed E-state index contributed by atoms with van der Waals surface area (Å²) in [5.41, 5.74) is 0. The molecule has 1 N–H and O–H groups in total. The molecule has 0 radical (unpaired) electrons. The lowest BCUT2D eigenvalue weighted by Crippen LogP contribution is -2.47. The van der Waals surface area contributed by atoms with Crippen LogP contribution in [0, 0.1) is 5.92 Å². The molecule has 2 aliphatic rings. The number of ether oxygens (including phenoxy) is 2. The first kappa shape index (κ1) is 13.3. The molecule has 0 aromatic rings. The fraction of sp³-hybridized carbons (Fsp3) is 1.00. The number of hydrogen-bond acceptors (Lipinski definition) is 4. The van der Waals surface area contributed by atoms with Gasteiger partial charge in [0.15, 0.2) is 0 Å². The molecule has 0 aromatic heterocycles. The second-order valence-electron chi connectivity index (χ2n) is 5.30. The maximum atomic E-state index is 5.49. The Morgan fingerprint density at radius 2 is 1.88 bits per heavy atom. The van der Waals surface area contributed by atoms with Gasteiger partial charge in [-0.25, -0.2) is 0 Å². The summed E-state index contributed by atoms with van der Waals surface area (Å²) in [5.74, 6) is 0.683. The Hall–Kier alpha value is -0.160. The van der Waals surface area contributed by atoms with Crippen LogP contribution in [0.15, 0.2) is 0 Å². The van der Waals surface area contributed by atoms with Crippen LogP contribution in [0.2, 0.25) is 0 Å². The zero-order valence-electron chi connectivity index (χ0n) is 11.2. The summed E-state index contributed by atoms with van der Waals surface area (Å²) in [6, 6.07) is 1.26. The molecule has 2 heterocycles. The van der Waals surface area contributed by atoms with Crippen LogP contribution in [0.1, 0.15) is 19.3 Å². The van der Waals surface area contributed by atoms with E-state index in [1.807, 2.05) is 0 Å². The summed E-state index contributed by atoms with van der Waals surface area (Å²) in [7, 11) is 4.32. The predicted octanol–water partition coefficient (Wildman–Crippen LogP) is 0.722. The van der Waals surface area contributed by atoms with Crippen molar-refractivity contribution in [1.82, 2.24) is 10.2 Å². The smallest absolute Gasteiger partial charge is 0.0510 e. The highest BCUT2D eigenvalue weighted by molar-refractivity contribution is 4.83. The van der Waals surface area contributed by atoms with Crippen molar-refractivity contribution >= 4 is 0 Å². The van der Waals surface area contributed by atoms with Gasteiger partial charge >= 0.3 is 0 Å². The highest BCUT2D eigenvalue weighted by Crippen LogP contribution is 2.19. The molecule has 0 bridgehead atoms. The zero-order chi connectivity index (χ0) is 12.1. The summed E-state index contributed by atoms with van der Waals surface area (Å²) < 4.78 is 10.9. The van der Waals surface area contributed by atoms with Crippen molar-refractivity contribution in [1.29, 1.82) is 0 Å². The van der Waals surface area contributed by atoms with Crippen LogP contribution in [-0.4, -0.2) is 64.1 Å². The molecule has 2 aliphatic heterocycles. The Kier molecular flexibility index (Phi) is 5.22. The second kappa shape index (κ2) is 6.69. The van der Waals surface area contributed by atoms with Crippen LogP contribution in [0.4, 0.5) is 0 Å². The minimum Gasteiger partial charge on any atom is -0.381 e. The average Bonchev–Trinajstić information content (AvgIpc) is 2.90. The lowest BCUT2D eigenvalue weighted by Gasteiger charge is -2.35. The molecule has 100 valence electrons. The van der Waals surface area contributed by atoms with Gasteiger partial charge < -0.3 is 19.7 Å². The third kappa shape index (κ3) is 3.65. The first-order valence-electron chi connectivity index (χ1n) is 6.84. The second-order valence-corrected chi connectivity index (χ2v) is 5.30. The maximum absolute atomic E-state index is 5.49. The van der Waals surface area contributed by atoms with Gasteiger partial charge in [-0.2, -0.15) is 0 Å². The van der Waals surface area contributed by atoms with Crippen LogP contribution in [0.5, 0.6) is 0 Å². The molecule has 2 unspecified atom stereocenters. The molecule has 2 saturated heterocycles. The summed E-state index contributed by atoms with van der Waals surface area (Å²) in [6.07, 6.45) is 3.55. The maximum Gasteiger partial charge on any atom is 0.0510 e. The van der Waals surface area contributed by atoms with Gasteiger partial charge in [0.25, 0.3) is 0 Å². The standard InChI is InChI=1S/C13H26N2O2/c1-14-13(11-3-6-17-10-11)9-15(2)12-4-7-16-8-5-12/h11-14H,3-10H2,1-2H3. The number of rotatable bonds is 5. The van der Waals surface area contributed by atoms with E-state index in [9.17, 15) is 0 Å². The molecule has 0 amide bonds. The molecule has 0 spiro atoms. The average molecular weight is 242 g/mol. The van der Waals surface area contributed by atoms with E-state index in [1.165, 1.54) is 19.3 Å². The Morgan fingerprint density at radius 3 is 2.47 bits per heavy atom. The zero-order valence-corrected chi connectivity index (χ0v) is 11.2. The number of likely N-dealkylation sites (N-methyl/N-ethyl adjacent to an activating group) is 2. The first-order valence-corrected chi connectivity index (χ1v) is 6.84. The lowest BCUT2D eigenvalue weighted by molar-refractivity contribution is 0.0377. The summed E-state index contributed by atoms with van der Waals surface area (Å²) in [5, 5.41) is 3.46. The summed E-state index contributed by atoms with van der Waals surface area (Å²) in [4.78, 5) is 2.50. The van der Waals surface area contributed by atoms with Crippen molar-refractivity contribution in [3.8, 4) is 0 Å². The minimum atomic E-state index is 0.561. The van der Waals surface area contributed by atoms with Gasteiger partial charge in [-0.1, -0.05) is 0 Å². The van der Waals surface area contributed by atoms with E-state index in [-0.39, 0.29) is 0 Å². The molecule has 2 rings (SSSR count). The topological polar surface area (TPSA) is 33.7 Å². The van der Waals surface area contributed by atoms with Crippen molar-refractivity contribution in [2.24, 2.45) is 5.92 Å². The molecular weight excluding hydrogens is 216 g/mol. The summed E-state index contributed by atoms with van der Waals surface area (Å²) >= 11 is 0. The van der Waals surface area contributed by atoms with E-state index in [1.54, 1.807) is 0 Å². The Bertz CT molecular complexity index is 213. The van der Waals surface area contributed by atoms with E-state index >= 15 is 0 Å². The minimum absolute atomic E-state index is 0.561. The normalized spacial score (nSPS) is 28.8. The van der Waals surface area contributed by atoms with Crippen LogP contribution in [0.3, 0.4) is 0 Å². The molecule has 4 heteroatoms. The van der Waals surface area contributed by atoms with Crippen LogP contribution < -0.4 is 5.32 Å². The van der Waals surface area contributed by atoms with E-state index in [0.29, 0.717) is 18.0 Å². The van der Waals surface area contributed by atoms with Crippen LogP contribution in [0.25, 0.3) is 0 Å². The van der Waals surface area contributed by atoms with E-state index in [2.05, 4.69) is 24.3 Å². The molecule has 0 saturated carbocycles. The van der Waals surface area contributed by atoms with Crippen molar-refractivity contribution in [3.05, 3.63) is 0 Å². The third-order valence-corrected chi connectivity index (χ3v) is 4.20. The van der Waals surface area contributed by atoms with Gasteiger partial charge in [0.2, 0.25) is 0 Å². The van der Waals surface area contributed by atoms with Crippen molar-refractivity contribution in [3.63, 3.8) is 0 Å². The molecule has 0 aromatic carbocycles. The van der Waals surface area contributed by atoms with Crippen LogP contribution in [-0.2, 0) is 9.47 Å². The molecule has 4 nitrogen and oxygen atoms in total. The Labute approximate surface area is 105 Å². The lowest BCUT2D eigenvalue weighted by atomic mass is 9.97. The van der Waals surface area contributed by atoms with Gasteiger partial charge in [-0.15, -0.1) is 0 Å². The van der Waals surface area contributed by atoms with Crippen LogP contribution >= 0.6 is 0 Å². The van der Waals surface area contributed by atoms with E-state index < -0.39 is 0 Å². The van der Waals surface area contributed by atoms with Gasteiger partial charge in [0.1, 0.15) is 0 Å². The number of hydrogen-bond donors (Lipinski definition) is 1. The fourth-order valence-electron chi connectivity index (χ4n) is 2.93. The largest absolute Gasteiger partial charge is 0.381 e. The van der Waals surface area contributed by atoms with Crippen molar-refractivity contribution in [2.75, 3.05) is 47.1 Å². The molecule has 17 heavy (non-hydrogen) atoms. The predicted molar refractivity (Wildman–Crippen MR) is 68.2 cm³/mol.